The van der Waals surface area contributed by atoms with Crippen molar-refractivity contribution in [3.63, 3.8) is 0 Å². The van der Waals surface area contributed by atoms with Crippen molar-refractivity contribution < 1.29 is 9.90 Å². The molecule has 0 atom stereocenters. The van der Waals surface area contributed by atoms with E-state index < -0.39 is 5.97 Å². The van der Waals surface area contributed by atoms with Gasteiger partial charge in [0.05, 0.1) is 5.92 Å². The molecular weight excluding hydrogens is 222 g/mol. The Balaban J connectivity index is 1.79. The highest BCUT2D eigenvalue weighted by molar-refractivity contribution is 5.74. The zero-order chi connectivity index (χ0) is 12.0. The number of hydrogen-bond acceptors (Lipinski definition) is 4. The topological polar surface area (TPSA) is 86.3 Å². The Morgan fingerprint density at radius 3 is 2.76 bits per heavy atom. The molecule has 0 aromatic carbocycles. The van der Waals surface area contributed by atoms with Crippen LogP contribution in [0.5, 0.6) is 0 Å². The van der Waals surface area contributed by atoms with Gasteiger partial charge in [0.2, 0.25) is 0 Å². The molecule has 6 heteroatoms. The molecule has 0 radical (unpaired) electrons. The lowest BCUT2D eigenvalue weighted by Crippen LogP contribution is -2.51. The Morgan fingerprint density at radius 1 is 1.47 bits per heavy atom. The molecule has 1 aromatic heterocycles. The van der Waals surface area contributed by atoms with Crippen LogP contribution in [0.2, 0.25) is 0 Å². The molecule has 0 spiro atoms. The monoisotopic (exact) mass is 235 g/mol. The summed E-state index contributed by atoms with van der Waals surface area (Å²) in [5.41, 5.74) is -0.157. The number of carboxylic acids is 1. The Bertz CT molecular complexity index is 515. The molecule has 2 aliphatic rings. The van der Waals surface area contributed by atoms with Gasteiger partial charge in [0, 0.05) is 25.1 Å². The van der Waals surface area contributed by atoms with Gasteiger partial charge in [-0.25, -0.2) is 4.98 Å². The third kappa shape index (κ3) is 1.90. The van der Waals surface area contributed by atoms with E-state index in [1.807, 2.05) is 4.90 Å². The molecule has 0 bridgehead atoms. The van der Waals surface area contributed by atoms with Gasteiger partial charge in [-0.15, -0.1) is 0 Å². The maximum absolute atomic E-state index is 11.5. The number of hydrogen-bond donors (Lipinski definition) is 2. The summed E-state index contributed by atoms with van der Waals surface area (Å²) in [6.07, 6.45) is 2.15. The van der Waals surface area contributed by atoms with Gasteiger partial charge in [-0.3, -0.25) is 9.59 Å². The Morgan fingerprint density at radius 2 is 2.18 bits per heavy atom. The third-order valence-electron chi connectivity index (χ3n) is 3.27. The van der Waals surface area contributed by atoms with Gasteiger partial charge in [-0.05, 0) is 12.8 Å². The van der Waals surface area contributed by atoms with Crippen molar-refractivity contribution in [2.75, 3.05) is 18.0 Å². The van der Waals surface area contributed by atoms with Crippen molar-refractivity contribution >= 4 is 11.8 Å². The molecule has 6 nitrogen and oxygen atoms in total. The van der Waals surface area contributed by atoms with Gasteiger partial charge < -0.3 is 15.0 Å². The van der Waals surface area contributed by atoms with Crippen LogP contribution in [-0.4, -0.2) is 34.1 Å². The first-order chi connectivity index (χ1) is 8.13. The minimum atomic E-state index is -0.784. The van der Waals surface area contributed by atoms with Crippen molar-refractivity contribution in [1.29, 1.82) is 0 Å². The number of carboxylic acid groups (broad SMARTS) is 1. The third-order valence-corrected chi connectivity index (χ3v) is 3.27. The smallest absolute Gasteiger partial charge is 0.310 e. The van der Waals surface area contributed by atoms with Crippen LogP contribution in [0.3, 0.4) is 0 Å². The highest BCUT2D eigenvalue weighted by Gasteiger charge is 2.34. The van der Waals surface area contributed by atoms with Gasteiger partial charge >= 0.3 is 5.97 Å². The number of nitrogens with zero attached hydrogens (tertiary/aromatic N) is 2. The molecule has 1 aliphatic carbocycles. The molecule has 90 valence electrons. The van der Waals surface area contributed by atoms with E-state index in [0.29, 0.717) is 24.8 Å². The second-order valence-corrected chi connectivity index (χ2v) is 4.70. The summed E-state index contributed by atoms with van der Waals surface area (Å²) < 4.78 is 0. The molecule has 2 heterocycles. The average Bonchev–Trinajstić information content (AvgIpc) is 2.96. The van der Waals surface area contributed by atoms with Gasteiger partial charge in [-0.1, -0.05) is 0 Å². The molecule has 17 heavy (non-hydrogen) atoms. The number of aromatic amines is 1. The fraction of sp³-hybridized carbons (Fsp3) is 0.545. The molecule has 1 saturated carbocycles. The Hall–Kier alpha value is -1.85. The lowest BCUT2D eigenvalue weighted by molar-refractivity contribution is -0.142. The summed E-state index contributed by atoms with van der Waals surface area (Å²) in [7, 11) is 0. The molecule has 0 unspecified atom stereocenters. The summed E-state index contributed by atoms with van der Waals surface area (Å²) in [4.78, 5) is 31.1. The van der Waals surface area contributed by atoms with Crippen LogP contribution < -0.4 is 10.5 Å². The minimum absolute atomic E-state index is 0.157. The molecule has 2 N–H and O–H groups in total. The predicted molar refractivity (Wildman–Crippen MR) is 60.2 cm³/mol. The molecule has 1 aromatic rings. The summed E-state index contributed by atoms with van der Waals surface area (Å²) in [5, 5.41) is 8.79. The van der Waals surface area contributed by atoms with Crippen LogP contribution in [0.15, 0.2) is 10.9 Å². The fourth-order valence-corrected chi connectivity index (χ4v) is 2.00. The van der Waals surface area contributed by atoms with E-state index in [-0.39, 0.29) is 11.5 Å². The minimum Gasteiger partial charge on any atom is -0.481 e. The maximum atomic E-state index is 11.5. The normalized spacial score (nSPS) is 20.1. The van der Waals surface area contributed by atoms with Crippen molar-refractivity contribution in [2.45, 2.75) is 18.8 Å². The summed E-state index contributed by atoms with van der Waals surface area (Å²) in [5.74, 6) is 0.618. The van der Waals surface area contributed by atoms with Crippen LogP contribution in [0.1, 0.15) is 24.6 Å². The molecule has 2 fully saturated rings. The number of aromatic nitrogens is 2. The predicted octanol–water partition coefficient (Wildman–Crippen LogP) is 0.168. The Labute approximate surface area is 97.3 Å². The summed E-state index contributed by atoms with van der Waals surface area (Å²) in [6, 6.07) is 1.43. The first-order valence-electron chi connectivity index (χ1n) is 5.72. The second kappa shape index (κ2) is 3.58. The highest BCUT2D eigenvalue weighted by Crippen LogP contribution is 2.38. The van der Waals surface area contributed by atoms with Crippen molar-refractivity contribution in [1.82, 2.24) is 9.97 Å². The van der Waals surface area contributed by atoms with E-state index in [0.717, 1.165) is 18.7 Å². The standard InChI is InChI=1S/C11H13N3O3/c15-9-3-8(12-10(13-9)6-1-2-6)14-4-7(5-14)11(16)17/h3,6-7H,1-2,4-5H2,(H,16,17)(H,12,13,15). The quantitative estimate of drug-likeness (QED) is 0.779. The zero-order valence-electron chi connectivity index (χ0n) is 9.22. The number of H-pyrrole nitrogens is 1. The van der Waals surface area contributed by atoms with Crippen LogP contribution in [0, 0.1) is 5.92 Å². The highest BCUT2D eigenvalue weighted by atomic mass is 16.4. The van der Waals surface area contributed by atoms with Gasteiger partial charge in [0.1, 0.15) is 11.6 Å². The van der Waals surface area contributed by atoms with Gasteiger partial charge in [0.15, 0.2) is 0 Å². The number of aliphatic carboxylic acids is 1. The van der Waals surface area contributed by atoms with E-state index in [4.69, 9.17) is 5.11 Å². The van der Waals surface area contributed by atoms with Crippen molar-refractivity contribution in [3.05, 3.63) is 22.2 Å². The lowest BCUT2D eigenvalue weighted by Gasteiger charge is -2.37. The van der Waals surface area contributed by atoms with Crippen LogP contribution in [0.25, 0.3) is 0 Å². The van der Waals surface area contributed by atoms with E-state index in [1.165, 1.54) is 6.07 Å². The first-order valence-corrected chi connectivity index (χ1v) is 5.72. The Kier molecular flexibility index (Phi) is 2.17. The molecule has 3 rings (SSSR count). The summed E-state index contributed by atoms with van der Waals surface area (Å²) in [6.45, 7) is 0.881. The molecule has 1 saturated heterocycles. The van der Waals surface area contributed by atoms with Crippen molar-refractivity contribution in [3.8, 4) is 0 Å². The van der Waals surface area contributed by atoms with E-state index in [1.54, 1.807) is 0 Å². The number of anilines is 1. The first kappa shape index (κ1) is 10.3. The van der Waals surface area contributed by atoms with Gasteiger partial charge in [0.25, 0.3) is 5.56 Å². The van der Waals surface area contributed by atoms with E-state index in [9.17, 15) is 9.59 Å². The van der Waals surface area contributed by atoms with E-state index >= 15 is 0 Å². The number of carbonyl (C=O) groups is 1. The van der Waals surface area contributed by atoms with Crippen molar-refractivity contribution in [2.24, 2.45) is 5.92 Å². The van der Waals surface area contributed by atoms with E-state index in [2.05, 4.69) is 9.97 Å². The SMILES string of the molecule is O=C(O)C1CN(c2cc(=O)[nH]c(C3CC3)n2)C1. The summed E-state index contributed by atoms with van der Waals surface area (Å²) >= 11 is 0. The van der Waals surface area contributed by atoms with Crippen LogP contribution >= 0.6 is 0 Å². The second-order valence-electron chi connectivity index (χ2n) is 4.70. The maximum Gasteiger partial charge on any atom is 0.310 e. The van der Waals surface area contributed by atoms with Crippen LogP contribution in [0.4, 0.5) is 5.82 Å². The number of nitrogens with one attached hydrogen (secondary N) is 1. The zero-order valence-corrected chi connectivity index (χ0v) is 9.22. The average molecular weight is 235 g/mol. The molecular formula is C11H13N3O3. The number of rotatable bonds is 3. The van der Waals surface area contributed by atoms with Gasteiger partial charge in [-0.2, -0.15) is 0 Å². The lowest BCUT2D eigenvalue weighted by atomic mass is 10.0. The van der Waals surface area contributed by atoms with Crippen LogP contribution in [-0.2, 0) is 4.79 Å². The molecule has 0 amide bonds. The largest absolute Gasteiger partial charge is 0.481 e. The molecule has 1 aliphatic heterocycles. The fourth-order valence-electron chi connectivity index (χ4n) is 2.00.